The summed E-state index contributed by atoms with van der Waals surface area (Å²) in [5.41, 5.74) is 0.110. The molecule has 0 amide bonds. The molecular formula is C11H21N5O. The van der Waals surface area contributed by atoms with Gasteiger partial charge in [0.1, 0.15) is 0 Å². The van der Waals surface area contributed by atoms with Crippen LogP contribution >= 0.6 is 0 Å². The van der Waals surface area contributed by atoms with Crippen molar-refractivity contribution in [1.29, 1.82) is 0 Å². The zero-order valence-corrected chi connectivity index (χ0v) is 10.8. The highest BCUT2D eigenvalue weighted by atomic mass is 16.5. The summed E-state index contributed by atoms with van der Waals surface area (Å²) in [5, 5.41) is 15.7. The predicted molar refractivity (Wildman–Crippen MR) is 63.5 cm³/mol. The summed E-state index contributed by atoms with van der Waals surface area (Å²) < 4.78 is 5.72. The Bertz CT molecular complexity index is 366. The van der Waals surface area contributed by atoms with Gasteiger partial charge in [0.2, 0.25) is 0 Å². The molecule has 6 nitrogen and oxygen atoms in total. The van der Waals surface area contributed by atoms with E-state index in [9.17, 15) is 0 Å². The maximum atomic E-state index is 5.72. The minimum absolute atomic E-state index is 0.110. The van der Waals surface area contributed by atoms with Crippen LogP contribution in [0.1, 0.15) is 26.1 Å². The van der Waals surface area contributed by atoms with Gasteiger partial charge in [-0.05, 0) is 25.1 Å². The summed E-state index contributed by atoms with van der Waals surface area (Å²) >= 11 is 0. The van der Waals surface area contributed by atoms with Gasteiger partial charge in [-0.1, -0.05) is 6.92 Å². The normalized spacial score (nSPS) is 28.8. The van der Waals surface area contributed by atoms with E-state index in [1.807, 2.05) is 0 Å². The fraction of sp³-hybridized carbons (Fsp3) is 0.909. The van der Waals surface area contributed by atoms with E-state index in [2.05, 4.69) is 34.6 Å². The number of ether oxygens (including phenoxy) is 1. The van der Waals surface area contributed by atoms with Crippen molar-refractivity contribution in [2.45, 2.75) is 32.8 Å². The van der Waals surface area contributed by atoms with E-state index in [0.717, 1.165) is 38.4 Å². The Labute approximate surface area is 102 Å². The molecule has 1 saturated heterocycles. The van der Waals surface area contributed by atoms with Crippen LogP contribution in [0.4, 0.5) is 0 Å². The SMILES string of the molecule is CCNCC1(Cc2nnn(C)n2)CCOC1C. The second-order valence-corrected chi connectivity index (χ2v) is 4.78. The van der Waals surface area contributed by atoms with Gasteiger partial charge in [0.25, 0.3) is 0 Å². The summed E-state index contributed by atoms with van der Waals surface area (Å²) in [5.74, 6) is 0.808. The third-order valence-corrected chi connectivity index (χ3v) is 3.62. The topological polar surface area (TPSA) is 64.9 Å². The third kappa shape index (κ3) is 2.63. The van der Waals surface area contributed by atoms with E-state index in [1.54, 1.807) is 7.05 Å². The number of rotatable bonds is 5. The van der Waals surface area contributed by atoms with E-state index >= 15 is 0 Å². The number of tetrazole rings is 1. The summed E-state index contributed by atoms with van der Waals surface area (Å²) in [7, 11) is 1.79. The molecule has 0 aliphatic carbocycles. The molecule has 1 fully saturated rings. The fourth-order valence-electron chi connectivity index (χ4n) is 2.43. The van der Waals surface area contributed by atoms with E-state index in [0.29, 0.717) is 0 Å². The van der Waals surface area contributed by atoms with Crippen LogP contribution < -0.4 is 5.32 Å². The van der Waals surface area contributed by atoms with Gasteiger partial charge in [-0.15, -0.1) is 10.2 Å². The Kier molecular flexibility index (Phi) is 3.73. The van der Waals surface area contributed by atoms with Gasteiger partial charge < -0.3 is 10.1 Å². The molecule has 17 heavy (non-hydrogen) atoms. The number of nitrogens with one attached hydrogen (secondary N) is 1. The average Bonchev–Trinajstić information content (AvgIpc) is 2.85. The van der Waals surface area contributed by atoms with Crippen molar-refractivity contribution in [2.24, 2.45) is 12.5 Å². The van der Waals surface area contributed by atoms with Crippen LogP contribution in [0.25, 0.3) is 0 Å². The molecule has 0 spiro atoms. The van der Waals surface area contributed by atoms with Gasteiger partial charge in [-0.3, -0.25) is 0 Å². The predicted octanol–water partition coefficient (Wildman–Crippen LogP) is 0.157. The molecule has 0 radical (unpaired) electrons. The van der Waals surface area contributed by atoms with Gasteiger partial charge in [0, 0.05) is 25.0 Å². The highest BCUT2D eigenvalue weighted by Crippen LogP contribution is 2.36. The van der Waals surface area contributed by atoms with Crippen LogP contribution in [0.3, 0.4) is 0 Å². The van der Waals surface area contributed by atoms with Crippen molar-refractivity contribution in [3.8, 4) is 0 Å². The van der Waals surface area contributed by atoms with Crippen molar-refractivity contribution in [1.82, 2.24) is 25.5 Å². The standard InChI is InChI=1S/C11H21N5O/c1-4-12-8-11(5-6-17-9(11)2)7-10-13-15-16(3)14-10/h9,12H,4-8H2,1-3H3. The Morgan fingerprint density at radius 1 is 1.59 bits per heavy atom. The van der Waals surface area contributed by atoms with Crippen LogP contribution in [0.2, 0.25) is 0 Å². The molecule has 0 aromatic carbocycles. The maximum Gasteiger partial charge on any atom is 0.175 e. The molecule has 2 unspecified atom stereocenters. The second-order valence-electron chi connectivity index (χ2n) is 4.78. The molecule has 1 aliphatic heterocycles. The Balaban J connectivity index is 2.10. The Morgan fingerprint density at radius 2 is 2.41 bits per heavy atom. The van der Waals surface area contributed by atoms with Gasteiger partial charge in [0.05, 0.1) is 13.2 Å². The first-order chi connectivity index (χ1) is 8.16. The molecule has 1 aliphatic rings. The second kappa shape index (κ2) is 5.10. The maximum absolute atomic E-state index is 5.72. The number of nitrogens with zero attached hydrogens (tertiary/aromatic N) is 4. The molecular weight excluding hydrogens is 218 g/mol. The lowest BCUT2D eigenvalue weighted by Gasteiger charge is -2.31. The van der Waals surface area contributed by atoms with Crippen LogP contribution in [0.5, 0.6) is 0 Å². The highest BCUT2D eigenvalue weighted by Gasteiger charge is 2.42. The average molecular weight is 239 g/mol. The molecule has 2 heterocycles. The lowest BCUT2D eigenvalue weighted by molar-refractivity contribution is 0.0622. The minimum Gasteiger partial charge on any atom is -0.378 e. The largest absolute Gasteiger partial charge is 0.378 e. The monoisotopic (exact) mass is 239 g/mol. The smallest absolute Gasteiger partial charge is 0.175 e. The molecule has 2 rings (SSSR count). The highest BCUT2D eigenvalue weighted by molar-refractivity contribution is 4.98. The van der Waals surface area contributed by atoms with Crippen molar-refractivity contribution in [3.05, 3.63) is 5.82 Å². The first-order valence-electron chi connectivity index (χ1n) is 6.21. The van der Waals surface area contributed by atoms with E-state index < -0.39 is 0 Å². The summed E-state index contributed by atoms with van der Waals surface area (Å²) in [6.45, 7) is 7.01. The summed E-state index contributed by atoms with van der Waals surface area (Å²) in [4.78, 5) is 1.51. The number of aromatic nitrogens is 4. The lowest BCUT2D eigenvalue weighted by atomic mass is 9.78. The molecule has 1 aromatic heterocycles. The minimum atomic E-state index is 0.110. The van der Waals surface area contributed by atoms with Crippen LogP contribution in [0, 0.1) is 5.41 Å². The van der Waals surface area contributed by atoms with Crippen LogP contribution in [0.15, 0.2) is 0 Å². The molecule has 1 N–H and O–H groups in total. The zero-order chi connectivity index (χ0) is 12.3. The van der Waals surface area contributed by atoms with Crippen molar-refractivity contribution in [3.63, 3.8) is 0 Å². The first kappa shape index (κ1) is 12.4. The van der Waals surface area contributed by atoms with E-state index in [1.165, 1.54) is 4.80 Å². The van der Waals surface area contributed by atoms with Crippen molar-refractivity contribution < 1.29 is 4.74 Å². The molecule has 0 saturated carbocycles. The quantitative estimate of drug-likeness (QED) is 0.793. The number of hydrogen-bond acceptors (Lipinski definition) is 5. The molecule has 6 heteroatoms. The Hall–Kier alpha value is -1.01. The molecule has 1 aromatic rings. The summed E-state index contributed by atoms with van der Waals surface area (Å²) in [6.07, 6.45) is 2.12. The molecule has 2 atom stereocenters. The van der Waals surface area contributed by atoms with Crippen molar-refractivity contribution >= 4 is 0 Å². The van der Waals surface area contributed by atoms with Crippen molar-refractivity contribution in [2.75, 3.05) is 19.7 Å². The van der Waals surface area contributed by atoms with Gasteiger partial charge in [-0.25, -0.2) is 0 Å². The van der Waals surface area contributed by atoms with Gasteiger partial charge in [0.15, 0.2) is 5.82 Å². The first-order valence-corrected chi connectivity index (χ1v) is 6.21. The number of aryl methyl sites for hydroxylation is 1. The van der Waals surface area contributed by atoms with Gasteiger partial charge in [-0.2, -0.15) is 4.80 Å². The van der Waals surface area contributed by atoms with Crippen LogP contribution in [-0.2, 0) is 18.2 Å². The Morgan fingerprint density at radius 3 is 2.94 bits per heavy atom. The van der Waals surface area contributed by atoms with E-state index in [4.69, 9.17) is 4.74 Å². The third-order valence-electron chi connectivity index (χ3n) is 3.62. The summed E-state index contributed by atoms with van der Waals surface area (Å²) in [6, 6.07) is 0. The van der Waals surface area contributed by atoms with Crippen LogP contribution in [-0.4, -0.2) is 46.0 Å². The zero-order valence-electron chi connectivity index (χ0n) is 10.8. The molecule has 96 valence electrons. The number of hydrogen-bond donors (Lipinski definition) is 1. The lowest BCUT2D eigenvalue weighted by Crippen LogP contribution is -2.41. The molecule has 0 bridgehead atoms. The van der Waals surface area contributed by atoms with Gasteiger partial charge >= 0.3 is 0 Å². The fourth-order valence-corrected chi connectivity index (χ4v) is 2.43. The van der Waals surface area contributed by atoms with E-state index in [-0.39, 0.29) is 11.5 Å².